The summed E-state index contributed by atoms with van der Waals surface area (Å²) in [7, 11) is 1.61. The van der Waals surface area contributed by atoms with E-state index in [1.54, 1.807) is 12.0 Å². The number of ketones is 1. The van der Waals surface area contributed by atoms with Crippen molar-refractivity contribution in [1.29, 1.82) is 0 Å². The van der Waals surface area contributed by atoms with Crippen LogP contribution in [0.5, 0.6) is 5.75 Å². The lowest BCUT2D eigenvalue weighted by Crippen LogP contribution is -2.46. The maximum atomic E-state index is 12.2. The van der Waals surface area contributed by atoms with Crippen LogP contribution in [0, 0.1) is 0 Å². The van der Waals surface area contributed by atoms with Crippen molar-refractivity contribution in [2.75, 3.05) is 20.2 Å². The van der Waals surface area contributed by atoms with Crippen LogP contribution in [0.2, 0.25) is 0 Å². The molecule has 1 saturated heterocycles. The van der Waals surface area contributed by atoms with Crippen LogP contribution in [0.25, 0.3) is 0 Å². The first kappa shape index (κ1) is 19.0. The third-order valence-corrected chi connectivity index (χ3v) is 4.43. The summed E-state index contributed by atoms with van der Waals surface area (Å²) in [5, 5.41) is 3.04. The van der Waals surface area contributed by atoms with Crippen molar-refractivity contribution in [2.24, 2.45) is 0 Å². The van der Waals surface area contributed by atoms with Crippen molar-refractivity contribution in [3.05, 3.63) is 29.8 Å². The molecule has 1 aromatic rings. The largest absolute Gasteiger partial charge is 0.497 e. The highest BCUT2D eigenvalue weighted by Crippen LogP contribution is 2.14. The molecule has 2 amide bonds. The molecule has 0 atom stereocenters. The Balaban J connectivity index is 1.72. The highest BCUT2D eigenvalue weighted by Gasteiger charge is 2.23. The molecule has 1 aliphatic rings. The molecule has 0 radical (unpaired) electrons. The molecule has 136 valence electrons. The van der Waals surface area contributed by atoms with Crippen molar-refractivity contribution in [3.63, 3.8) is 0 Å². The molecular weight excluding hydrogens is 320 g/mol. The number of ether oxygens (including phenoxy) is 1. The number of hydrogen-bond acceptors (Lipinski definition) is 4. The second-order valence-corrected chi connectivity index (χ2v) is 6.45. The number of nitrogens with one attached hydrogen (secondary N) is 1. The maximum absolute atomic E-state index is 12.2. The number of carbonyl (C=O) groups is 3. The molecule has 1 fully saturated rings. The number of methoxy groups -OCH3 is 1. The fourth-order valence-corrected chi connectivity index (χ4v) is 2.92. The Morgan fingerprint density at radius 2 is 1.76 bits per heavy atom. The predicted octanol–water partition coefficient (Wildman–Crippen LogP) is 1.71. The minimum atomic E-state index is -0.00785. The first-order chi connectivity index (χ1) is 12.0. The second-order valence-electron chi connectivity index (χ2n) is 6.45. The Labute approximate surface area is 148 Å². The lowest BCUT2D eigenvalue weighted by molar-refractivity contribution is -0.134. The molecule has 0 saturated carbocycles. The van der Waals surface area contributed by atoms with Gasteiger partial charge in [0.2, 0.25) is 11.8 Å². The summed E-state index contributed by atoms with van der Waals surface area (Å²) in [5.41, 5.74) is 0.940. The van der Waals surface area contributed by atoms with Crippen LogP contribution in [0.3, 0.4) is 0 Å². The molecule has 2 rings (SSSR count). The van der Waals surface area contributed by atoms with Gasteiger partial charge >= 0.3 is 0 Å². The van der Waals surface area contributed by atoms with E-state index >= 15 is 0 Å². The van der Waals surface area contributed by atoms with E-state index in [2.05, 4.69) is 5.32 Å². The van der Waals surface area contributed by atoms with E-state index in [1.165, 1.54) is 6.92 Å². The SMILES string of the molecule is COc1ccc(CC(=O)NC2CCN(C(=O)CCC(C)=O)CC2)cc1. The minimum absolute atomic E-state index is 0.00785. The molecule has 0 bridgehead atoms. The van der Waals surface area contributed by atoms with Crippen LogP contribution in [-0.4, -0.2) is 48.7 Å². The first-order valence-electron chi connectivity index (χ1n) is 8.67. The van der Waals surface area contributed by atoms with E-state index in [0.29, 0.717) is 25.9 Å². The fraction of sp³-hybridized carbons (Fsp3) is 0.526. The van der Waals surface area contributed by atoms with E-state index in [0.717, 1.165) is 24.2 Å². The van der Waals surface area contributed by atoms with E-state index in [-0.39, 0.29) is 30.1 Å². The maximum Gasteiger partial charge on any atom is 0.224 e. The van der Waals surface area contributed by atoms with Gasteiger partial charge in [-0.3, -0.25) is 9.59 Å². The third-order valence-electron chi connectivity index (χ3n) is 4.43. The van der Waals surface area contributed by atoms with Gasteiger partial charge in [0, 0.05) is 32.0 Å². The van der Waals surface area contributed by atoms with Crippen molar-refractivity contribution in [3.8, 4) is 5.75 Å². The molecule has 1 N–H and O–H groups in total. The number of nitrogens with zero attached hydrogens (tertiary/aromatic N) is 1. The van der Waals surface area contributed by atoms with E-state index < -0.39 is 0 Å². The molecule has 0 unspecified atom stereocenters. The van der Waals surface area contributed by atoms with Crippen LogP contribution < -0.4 is 10.1 Å². The molecule has 6 nitrogen and oxygen atoms in total. The molecule has 0 aliphatic carbocycles. The van der Waals surface area contributed by atoms with E-state index in [9.17, 15) is 14.4 Å². The average molecular weight is 346 g/mol. The summed E-state index contributed by atoms with van der Waals surface area (Å²) in [6.45, 7) is 2.76. The second kappa shape index (κ2) is 9.20. The monoisotopic (exact) mass is 346 g/mol. The summed E-state index contributed by atoms with van der Waals surface area (Å²) < 4.78 is 5.10. The number of benzene rings is 1. The van der Waals surface area contributed by atoms with Gasteiger partial charge in [-0.1, -0.05) is 12.1 Å². The molecule has 0 spiro atoms. The lowest BCUT2D eigenvalue weighted by Gasteiger charge is -2.32. The molecule has 6 heteroatoms. The van der Waals surface area contributed by atoms with Gasteiger partial charge in [0.1, 0.15) is 11.5 Å². The Hall–Kier alpha value is -2.37. The van der Waals surface area contributed by atoms with Crippen LogP contribution in [0.4, 0.5) is 0 Å². The number of carbonyl (C=O) groups excluding carboxylic acids is 3. The number of rotatable bonds is 7. The summed E-state index contributed by atoms with van der Waals surface area (Å²) in [6.07, 6.45) is 2.42. The Morgan fingerprint density at radius 3 is 2.32 bits per heavy atom. The van der Waals surface area contributed by atoms with Crippen LogP contribution >= 0.6 is 0 Å². The zero-order chi connectivity index (χ0) is 18.2. The normalized spacial score (nSPS) is 14.9. The number of hydrogen-bond donors (Lipinski definition) is 1. The Morgan fingerprint density at radius 1 is 1.12 bits per heavy atom. The van der Waals surface area contributed by atoms with Crippen LogP contribution in [0.1, 0.15) is 38.2 Å². The van der Waals surface area contributed by atoms with Crippen molar-refractivity contribution < 1.29 is 19.1 Å². The highest BCUT2D eigenvalue weighted by molar-refractivity contribution is 5.83. The summed E-state index contributed by atoms with van der Waals surface area (Å²) in [5.74, 6) is 0.824. The molecule has 1 heterocycles. The summed E-state index contributed by atoms with van der Waals surface area (Å²) in [6, 6.07) is 7.55. The van der Waals surface area contributed by atoms with Crippen LogP contribution in [-0.2, 0) is 20.8 Å². The zero-order valence-corrected chi connectivity index (χ0v) is 14.9. The van der Waals surface area contributed by atoms with Gasteiger partial charge in [0.25, 0.3) is 0 Å². The zero-order valence-electron chi connectivity index (χ0n) is 14.9. The average Bonchev–Trinajstić information content (AvgIpc) is 2.61. The topological polar surface area (TPSA) is 75.7 Å². The van der Waals surface area contributed by atoms with Crippen molar-refractivity contribution >= 4 is 17.6 Å². The van der Waals surface area contributed by atoms with E-state index in [1.807, 2.05) is 24.3 Å². The van der Waals surface area contributed by atoms with Gasteiger partial charge in [-0.15, -0.1) is 0 Å². The molecule has 1 aromatic carbocycles. The number of likely N-dealkylation sites (tertiary alicyclic amines) is 1. The van der Waals surface area contributed by atoms with Gasteiger partial charge in [-0.2, -0.15) is 0 Å². The lowest BCUT2D eigenvalue weighted by atomic mass is 10.0. The summed E-state index contributed by atoms with van der Waals surface area (Å²) >= 11 is 0. The van der Waals surface area contributed by atoms with Crippen LogP contribution in [0.15, 0.2) is 24.3 Å². The third kappa shape index (κ3) is 6.21. The van der Waals surface area contributed by atoms with Gasteiger partial charge in [-0.05, 0) is 37.5 Å². The van der Waals surface area contributed by atoms with Crippen molar-refractivity contribution in [2.45, 2.75) is 45.1 Å². The summed E-state index contributed by atoms with van der Waals surface area (Å²) in [4.78, 5) is 36.9. The molecule has 0 aromatic heterocycles. The van der Waals surface area contributed by atoms with Gasteiger partial charge < -0.3 is 19.7 Å². The predicted molar refractivity (Wildman–Crippen MR) is 94.4 cm³/mol. The number of Topliss-reactive ketones (excluding diaryl/α,β-unsaturated/α-hetero) is 1. The standard InChI is InChI=1S/C19H26N2O4/c1-14(22)3-8-19(24)21-11-9-16(10-12-21)20-18(23)13-15-4-6-17(25-2)7-5-15/h4-7,16H,3,8-13H2,1-2H3,(H,20,23). The molecule has 25 heavy (non-hydrogen) atoms. The Bertz CT molecular complexity index is 604. The smallest absolute Gasteiger partial charge is 0.224 e. The first-order valence-corrected chi connectivity index (χ1v) is 8.67. The number of amides is 2. The minimum Gasteiger partial charge on any atom is -0.497 e. The number of piperidine rings is 1. The Kier molecular flexibility index (Phi) is 6.98. The highest BCUT2D eigenvalue weighted by atomic mass is 16.5. The van der Waals surface area contributed by atoms with Gasteiger partial charge in [-0.25, -0.2) is 0 Å². The van der Waals surface area contributed by atoms with E-state index in [4.69, 9.17) is 4.74 Å². The van der Waals surface area contributed by atoms with Gasteiger partial charge in [0.05, 0.1) is 13.5 Å². The van der Waals surface area contributed by atoms with Crippen molar-refractivity contribution in [1.82, 2.24) is 10.2 Å². The molecular formula is C19H26N2O4. The van der Waals surface area contributed by atoms with Gasteiger partial charge in [0.15, 0.2) is 0 Å². The quantitative estimate of drug-likeness (QED) is 0.815. The fourth-order valence-electron chi connectivity index (χ4n) is 2.92. The molecule has 1 aliphatic heterocycles.